The van der Waals surface area contributed by atoms with E-state index >= 15 is 0 Å². The van der Waals surface area contributed by atoms with Gasteiger partial charge in [-0.1, -0.05) is 0 Å². The fourth-order valence-electron chi connectivity index (χ4n) is 2.24. The Morgan fingerprint density at radius 3 is 2.36 bits per heavy atom. The molecule has 1 saturated heterocycles. The Kier molecular flexibility index (Phi) is 8.16. The summed E-state index contributed by atoms with van der Waals surface area (Å²) >= 11 is 0. The molecule has 1 aromatic rings. The average molecular weight is 366 g/mol. The van der Waals surface area contributed by atoms with Crippen molar-refractivity contribution in [3.63, 3.8) is 0 Å². The molecule has 2 heterocycles. The second-order valence-electron chi connectivity index (χ2n) is 4.55. The van der Waals surface area contributed by atoms with Crippen LogP contribution in [0.25, 0.3) is 0 Å². The number of piperazine rings is 1. The van der Waals surface area contributed by atoms with E-state index in [9.17, 15) is 23.3 Å². The largest absolute Gasteiger partial charge is 0.433 e. The highest BCUT2D eigenvalue weighted by molar-refractivity contribution is 5.85. The number of halogens is 5. The number of hydrogen-bond donors (Lipinski definition) is 1. The van der Waals surface area contributed by atoms with Crippen molar-refractivity contribution >= 4 is 30.7 Å². The third-order valence-corrected chi connectivity index (χ3v) is 3.14. The first-order valence-corrected chi connectivity index (χ1v) is 6.12. The molecule has 1 aliphatic rings. The van der Waals surface area contributed by atoms with Crippen LogP contribution in [-0.2, 0) is 0 Å². The van der Waals surface area contributed by atoms with Gasteiger partial charge in [0.25, 0.3) is 0 Å². The Labute approximate surface area is 137 Å². The van der Waals surface area contributed by atoms with Crippen LogP contribution in [0.15, 0.2) is 16.5 Å². The average Bonchev–Trinajstić information content (AvgIpc) is 2.85. The van der Waals surface area contributed by atoms with Gasteiger partial charge in [0.15, 0.2) is 0 Å². The predicted molar refractivity (Wildman–Crippen MR) is 77.7 cm³/mol. The molecule has 1 N–H and O–H groups in total. The molecule has 6 nitrogen and oxygen atoms in total. The van der Waals surface area contributed by atoms with Gasteiger partial charge >= 0.3 is 12.1 Å². The van der Waals surface area contributed by atoms with Crippen molar-refractivity contribution in [1.82, 2.24) is 10.2 Å². The number of nitrogens with zero attached hydrogens (tertiary/aromatic N) is 2. The minimum absolute atomic E-state index is 0. The van der Waals surface area contributed by atoms with Gasteiger partial charge in [-0.05, 0) is 6.07 Å². The lowest BCUT2D eigenvalue weighted by molar-refractivity contribution is -0.402. The van der Waals surface area contributed by atoms with Crippen molar-refractivity contribution in [2.75, 3.05) is 26.2 Å². The van der Waals surface area contributed by atoms with Crippen molar-refractivity contribution in [2.45, 2.75) is 18.6 Å². The van der Waals surface area contributed by atoms with Crippen LogP contribution in [0.5, 0.6) is 0 Å². The van der Waals surface area contributed by atoms with Gasteiger partial charge in [-0.25, -0.2) is 0 Å². The number of alkyl halides is 3. The van der Waals surface area contributed by atoms with Crippen LogP contribution in [0.1, 0.15) is 18.2 Å². The van der Waals surface area contributed by atoms with Gasteiger partial charge in [0.1, 0.15) is 10.7 Å². The Bertz CT molecular complexity index is 479. The van der Waals surface area contributed by atoms with E-state index in [1.54, 1.807) is 4.90 Å². The van der Waals surface area contributed by atoms with Gasteiger partial charge in [-0.15, -0.1) is 24.8 Å². The molecule has 1 aromatic heterocycles. The lowest BCUT2D eigenvalue weighted by atomic mass is 10.1. The summed E-state index contributed by atoms with van der Waals surface area (Å²) < 4.78 is 43.0. The molecule has 128 valence electrons. The SMILES string of the molecule is Cl.Cl.O=[N+]([O-])c1ccc([C@H](CC(F)(F)F)N2CCNCC2)o1. The molecule has 1 atom stereocenters. The molecular weight excluding hydrogens is 350 g/mol. The van der Waals surface area contributed by atoms with E-state index in [4.69, 9.17) is 4.42 Å². The Balaban J connectivity index is 0.00000220. The Hall–Kier alpha value is -1.03. The molecule has 0 radical (unpaired) electrons. The van der Waals surface area contributed by atoms with Crippen LogP contribution in [0, 0.1) is 10.1 Å². The second-order valence-corrected chi connectivity index (χ2v) is 4.55. The minimum atomic E-state index is -4.36. The lowest BCUT2D eigenvalue weighted by Crippen LogP contribution is -2.46. The Morgan fingerprint density at radius 1 is 1.32 bits per heavy atom. The monoisotopic (exact) mass is 365 g/mol. The third-order valence-electron chi connectivity index (χ3n) is 3.14. The highest BCUT2D eigenvalue weighted by Gasteiger charge is 2.38. The molecule has 0 spiro atoms. The van der Waals surface area contributed by atoms with Crippen LogP contribution in [0.4, 0.5) is 19.1 Å². The van der Waals surface area contributed by atoms with Crippen LogP contribution in [-0.4, -0.2) is 42.2 Å². The second kappa shape index (κ2) is 8.56. The summed E-state index contributed by atoms with van der Waals surface area (Å²) in [6.45, 7) is 2.04. The van der Waals surface area contributed by atoms with Crippen LogP contribution < -0.4 is 5.32 Å². The molecule has 0 saturated carbocycles. The summed E-state index contributed by atoms with van der Waals surface area (Å²) in [5.41, 5.74) is 0. The number of rotatable bonds is 4. The van der Waals surface area contributed by atoms with Crippen molar-refractivity contribution in [3.8, 4) is 0 Å². The molecule has 0 unspecified atom stereocenters. The molecule has 1 fully saturated rings. The summed E-state index contributed by atoms with van der Waals surface area (Å²) in [7, 11) is 0. The molecule has 2 rings (SSSR count). The van der Waals surface area contributed by atoms with E-state index in [-0.39, 0.29) is 30.6 Å². The van der Waals surface area contributed by atoms with E-state index in [2.05, 4.69) is 5.32 Å². The maximum absolute atomic E-state index is 12.7. The van der Waals surface area contributed by atoms with E-state index in [0.29, 0.717) is 26.2 Å². The topological polar surface area (TPSA) is 71.6 Å². The fourth-order valence-corrected chi connectivity index (χ4v) is 2.24. The zero-order valence-corrected chi connectivity index (χ0v) is 13.0. The smallest absolute Gasteiger partial charge is 0.404 e. The number of hydrogen-bond acceptors (Lipinski definition) is 5. The number of nitrogens with one attached hydrogen (secondary N) is 1. The van der Waals surface area contributed by atoms with Gasteiger partial charge in [0, 0.05) is 26.2 Å². The Morgan fingerprint density at radius 2 is 1.91 bits per heavy atom. The summed E-state index contributed by atoms with van der Waals surface area (Å²) in [6.07, 6.45) is -5.45. The summed E-state index contributed by atoms with van der Waals surface area (Å²) in [6, 6.07) is 1.31. The molecule has 11 heteroatoms. The van der Waals surface area contributed by atoms with Crippen molar-refractivity contribution in [3.05, 3.63) is 28.0 Å². The van der Waals surface area contributed by atoms with E-state index in [0.717, 1.165) is 6.07 Å². The van der Waals surface area contributed by atoms with E-state index in [1.165, 1.54) is 6.07 Å². The zero-order chi connectivity index (χ0) is 14.8. The molecule has 0 aliphatic carbocycles. The molecule has 22 heavy (non-hydrogen) atoms. The summed E-state index contributed by atoms with van der Waals surface area (Å²) in [4.78, 5) is 11.4. The van der Waals surface area contributed by atoms with Crippen LogP contribution in [0.3, 0.4) is 0 Å². The van der Waals surface area contributed by atoms with Crippen molar-refractivity contribution in [2.24, 2.45) is 0 Å². The first-order valence-electron chi connectivity index (χ1n) is 6.12. The highest BCUT2D eigenvalue weighted by atomic mass is 35.5. The first-order chi connectivity index (χ1) is 9.37. The van der Waals surface area contributed by atoms with Crippen molar-refractivity contribution in [1.29, 1.82) is 0 Å². The summed E-state index contributed by atoms with van der Waals surface area (Å²) in [5.74, 6) is -0.557. The zero-order valence-electron chi connectivity index (χ0n) is 11.3. The van der Waals surface area contributed by atoms with Crippen molar-refractivity contribution < 1.29 is 22.5 Å². The minimum Gasteiger partial charge on any atom is -0.404 e. The maximum atomic E-state index is 12.7. The molecule has 0 bridgehead atoms. The van der Waals surface area contributed by atoms with Gasteiger partial charge in [0.05, 0.1) is 18.5 Å². The standard InChI is InChI=1S/C11H14F3N3O3.2ClH/c12-11(13,14)7-8(16-5-3-15-4-6-16)9-1-2-10(20-9)17(18)19;;/h1-2,8,15H,3-7H2;2*1H/t8-;;/m0../s1. The molecule has 0 amide bonds. The predicted octanol–water partition coefficient (Wildman–Crippen LogP) is 2.93. The highest BCUT2D eigenvalue weighted by Crippen LogP contribution is 2.35. The van der Waals surface area contributed by atoms with Crippen LogP contribution >= 0.6 is 24.8 Å². The van der Waals surface area contributed by atoms with Gasteiger partial charge < -0.3 is 9.73 Å². The lowest BCUT2D eigenvalue weighted by Gasteiger charge is -2.34. The number of furan rings is 1. The third kappa shape index (κ3) is 5.64. The van der Waals surface area contributed by atoms with E-state index < -0.39 is 29.4 Å². The summed E-state index contributed by atoms with van der Waals surface area (Å²) in [5, 5.41) is 13.6. The van der Waals surface area contributed by atoms with Gasteiger partial charge in [-0.2, -0.15) is 13.2 Å². The molecule has 1 aliphatic heterocycles. The van der Waals surface area contributed by atoms with Gasteiger partial charge in [0.2, 0.25) is 0 Å². The fraction of sp³-hybridized carbons (Fsp3) is 0.636. The molecule has 0 aromatic carbocycles. The molecular formula is C11H16Cl2F3N3O3. The number of nitro groups is 1. The maximum Gasteiger partial charge on any atom is 0.433 e. The normalized spacial score (nSPS) is 17.2. The first kappa shape index (κ1) is 21.0. The van der Waals surface area contributed by atoms with E-state index in [1.807, 2.05) is 0 Å². The van der Waals surface area contributed by atoms with Crippen LogP contribution in [0.2, 0.25) is 0 Å². The van der Waals surface area contributed by atoms with Gasteiger partial charge in [-0.3, -0.25) is 15.0 Å². The quantitative estimate of drug-likeness (QED) is 0.655.